The van der Waals surface area contributed by atoms with Crippen LogP contribution < -0.4 is 16.0 Å². The Morgan fingerprint density at radius 1 is 0.931 bits per heavy atom. The van der Waals surface area contributed by atoms with Gasteiger partial charge in [0.15, 0.2) is 0 Å². The van der Waals surface area contributed by atoms with Crippen molar-refractivity contribution in [1.82, 2.24) is 5.32 Å². The molecule has 2 aromatic carbocycles. The van der Waals surface area contributed by atoms with Gasteiger partial charge in [-0.05, 0) is 69.0 Å². The van der Waals surface area contributed by atoms with E-state index in [-0.39, 0.29) is 18.4 Å². The Morgan fingerprint density at radius 3 is 2.17 bits per heavy atom. The summed E-state index contributed by atoms with van der Waals surface area (Å²) in [5, 5.41) is 9.23. The van der Waals surface area contributed by atoms with Crippen molar-refractivity contribution in [1.29, 1.82) is 0 Å². The highest BCUT2D eigenvalue weighted by Crippen LogP contribution is 2.22. The van der Waals surface area contributed by atoms with Gasteiger partial charge in [0.1, 0.15) is 0 Å². The highest BCUT2D eigenvalue weighted by molar-refractivity contribution is 5.96. The van der Waals surface area contributed by atoms with E-state index in [2.05, 4.69) is 28.1 Å². The molecular weight excluding hydrogens is 362 g/mol. The van der Waals surface area contributed by atoms with Crippen molar-refractivity contribution >= 4 is 23.2 Å². The fraction of sp³-hybridized carbons (Fsp3) is 0.417. The maximum absolute atomic E-state index is 12.4. The molecule has 0 radical (unpaired) electrons. The van der Waals surface area contributed by atoms with Crippen LogP contribution in [-0.2, 0) is 4.79 Å². The molecule has 0 heterocycles. The van der Waals surface area contributed by atoms with E-state index < -0.39 is 0 Å². The molecule has 5 nitrogen and oxygen atoms in total. The molecule has 0 atom stereocenters. The summed E-state index contributed by atoms with van der Waals surface area (Å²) in [6.07, 6.45) is 5.79. The molecule has 5 heteroatoms. The van der Waals surface area contributed by atoms with Gasteiger partial charge in [-0.25, -0.2) is 0 Å². The van der Waals surface area contributed by atoms with Crippen LogP contribution in [-0.4, -0.2) is 24.4 Å². The molecule has 1 fully saturated rings. The molecule has 0 bridgehead atoms. The predicted molar refractivity (Wildman–Crippen MR) is 119 cm³/mol. The molecule has 1 aliphatic carbocycles. The van der Waals surface area contributed by atoms with Crippen LogP contribution in [0.15, 0.2) is 36.4 Å². The van der Waals surface area contributed by atoms with Crippen LogP contribution in [0.4, 0.5) is 11.4 Å². The number of carbonyl (C=O) groups excluding carboxylic acids is 2. The third-order valence-corrected chi connectivity index (χ3v) is 5.48. The quantitative estimate of drug-likeness (QED) is 0.665. The number of amides is 2. The van der Waals surface area contributed by atoms with Gasteiger partial charge in [-0.15, -0.1) is 0 Å². The molecule has 3 N–H and O–H groups in total. The van der Waals surface area contributed by atoms with Gasteiger partial charge in [-0.1, -0.05) is 37.0 Å². The standard InChI is InChI=1S/C24H31N3O2/c1-16-13-17(2)23(18(3)14-16)27-22(28)15-25-20-11-9-19(10-12-20)24(29)26-21-7-5-4-6-8-21/h9-14,21,25H,4-8,15H2,1-3H3,(H,26,29)(H,27,28). The molecule has 1 saturated carbocycles. The van der Waals surface area contributed by atoms with Crippen LogP contribution in [0.25, 0.3) is 0 Å². The Bertz CT molecular complexity index is 845. The lowest BCUT2D eigenvalue weighted by Gasteiger charge is -2.22. The summed E-state index contributed by atoms with van der Waals surface area (Å²) >= 11 is 0. The maximum Gasteiger partial charge on any atom is 0.251 e. The molecule has 0 aliphatic heterocycles. The minimum Gasteiger partial charge on any atom is -0.376 e. The first-order valence-electron chi connectivity index (χ1n) is 10.4. The molecule has 0 unspecified atom stereocenters. The number of hydrogen-bond acceptors (Lipinski definition) is 3. The van der Waals surface area contributed by atoms with Crippen molar-refractivity contribution in [2.75, 3.05) is 17.2 Å². The second kappa shape index (κ2) is 9.59. The zero-order valence-electron chi connectivity index (χ0n) is 17.6. The molecule has 154 valence electrons. The number of hydrogen-bond donors (Lipinski definition) is 3. The molecule has 2 aromatic rings. The Labute approximate surface area is 173 Å². The van der Waals surface area contributed by atoms with Crippen molar-refractivity contribution in [3.8, 4) is 0 Å². The van der Waals surface area contributed by atoms with E-state index in [1.165, 1.54) is 24.8 Å². The van der Waals surface area contributed by atoms with Crippen LogP contribution in [0.3, 0.4) is 0 Å². The van der Waals surface area contributed by atoms with Gasteiger partial charge in [0.25, 0.3) is 5.91 Å². The number of carbonyl (C=O) groups is 2. The summed E-state index contributed by atoms with van der Waals surface area (Å²) in [6, 6.07) is 11.7. The average Bonchev–Trinajstić information content (AvgIpc) is 2.70. The Morgan fingerprint density at radius 2 is 1.55 bits per heavy atom. The zero-order valence-corrected chi connectivity index (χ0v) is 17.6. The first-order chi connectivity index (χ1) is 13.9. The highest BCUT2D eigenvalue weighted by atomic mass is 16.2. The zero-order chi connectivity index (χ0) is 20.8. The van der Waals surface area contributed by atoms with Crippen molar-refractivity contribution < 1.29 is 9.59 Å². The molecule has 3 rings (SSSR count). The largest absolute Gasteiger partial charge is 0.376 e. The number of anilines is 2. The average molecular weight is 394 g/mol. The van der Waals surface area contributed by atoms with Crippen LogP contribution in [0, 0.1) is 20.8 Å². The topological polar surface area (TPSA) is 70.2 Å². The first kappa shape index (κ1) is 20.9. The third kappa shape index (κ3) is 5.83. The fourth-order valence-electron chi connectivity index (χ4n) is 4.00. The van der Waals surface area contributed by atoms with Gasteiger partial charge in [-0.2, -0.15) is 0 Å². The number of benzene rings is 2. The summed E-state index contributed by atoms with van der Waals surface area (Å²) in [4.78, 5) is 24.7. The first-order valence-corrected chi connectivity index (χ1v) is 10.4. The fourth-order valence-corrected chi connectivity index (χ4v) is 4.00. The molecule has 1 aliphatic rings. The van der Waals surface area contributed by atoms with Gasteiger partial charge in [-0.3, -0.25) is 9.59 Å². The van der Waals surface area contributed by atoms with Gasteiger partial charge in [0.2, 0.25) is 5.91 Å². The lowest BCUT2D eigenvalue weighted by molar-refractivity contribution is -0.114. The minimum atomic E-state index is -0.0980. The molecular formula is C24H31N3O2. The minimum absolute atomic E-state index is 0.0217. The van der Waals surface area contributed by atoms with Crippen LogP contribution in [0.1, 0.15) is 59.2 Å². The van der Waals surface area contributed by atoms with Crippen LogP contribution in [0.5, 0.6) is 0 Å². The molecule has 2 amide bonds. The Kier molecular flexibility index (Phi) is 6.91. The van der Waals surface area contributed by atoms with Crippen molar-refractivity contribution in [3.63, 3.8) is 0 Å². The summed E-state index contributed by atoms with van der Waals surface area (Å²) in [5.41, 5.74) is 5.64. The molecule has 0 saturated heterocycles. The lowest BCUT2D eigenvalue weighted by atomic mass is 9.95. The van der Waals surface area contributed by atoms with Crippen molar-refractivity contribution in [2.24, 2.45) is 0 Å². The van der Waals surface area contributed by atoms with E-state index >= 15 is 0 Å². The van der Waals surface area contributed by atoms with Gasteiger partial charge in [0, 0.05) is 23.0 Å². The summed E-state index contributed by atoms with van der Waals surface area (Å²) in [5.74, 6) is -0.120. The molecule has 29 heavy (non-hydrogen) atoms. The van der Waals surface area contributed by atoms with E-state index in [0.717, 1.165) is 35.3 Å². The lowest BCUT2D eigenvalue weighted by Crippen LogP contribution is -2.36. The normalized spacial score (nSPS) is 14.3. The van der Waals surface area contributed by atoms with E-state index in [0.29, 0.717) is 11.6 Å². The number of aryl methyl sites for hydroxylation is 3. The monoisotopic (exact) mass is 393 g/mol. The second-order valence-electron chi connectivity index (χ2n) is 8.06. The van der Waals surface area contributed by atoms with Gasteiger partial charge in [0.05, 0.1) is 6.54 Å². The second-order valence-corrected chi connectivity index (χ2v) is 8.06. The molecule has 0 spiro atoms. The van der Waals surface area contributed by atoms with E-state index in [1.807, 2.05) is 32.9 Å². The number of rotatable bonds is 6. The Hall–Kier alpha value is -2.82. The smallest absolute Gasteiger partial charge is 0.251 e. The molecule has 0 aromatic heterocycles. The van der Waals surface area contributed by atoms with Crippen molar-refractivity contribution in [3.05, 3.63) is 58.7 Å². The highest BCUT2D eigenvalue weighted by Gasteiger charge is 2.16. The summed E-state index contributed by atoms with van der Waals surface area (Å²) in [6.45, 7) is 6.22. The maximum atomic E-state index is 12.4. The van der Waals surface area contributed by atoms with Crippen molar-refractivity contribution in [2.45, 2.75) is 58.9 Å². The van der Waals surface area contributed by atoms with Crippen LogP contribution in [0.2, 0.25) is 0 Å². The van der Waals surface area contributed by atoms with Gasteiger partial charge < -0.3 is 16.0 Å². The van der Waals surface area contributed by atoms with Crippen LogP contribution >= 0.6 is 0 Å². The van der Waals surface area contributed by atoms with E-state index in [4.69, 9.17) is 0 Å². The summed E-state index contributed by atoms with van der Waals surface area (Å²) < 4.78 is 0. The van der Waals surface area contributed by atoms with E-state index in [1.54, 1.807) is 12.1 Å². The SMILES string of the molecule is Cc1cc(C)c(NC(=O)CNc2ccc(C(=O)NC3CCCCC3)cc2)c(C)c1. The summed E-state index contributed by atoms with van der Waals surface area (Å²) in [7, 11) is 0. The predicted octanol–water partition coefficient (Wildman–Crippen LogP) is 4.72. The Balaban J connectivity index is 1.51. The number of nitrogens with one attached hydrogen (secondary N) is 3. The van der Waals surface area contributed by atoms with Gasteiger partial charge >= 0.3 is 0 Å². The van der Waals surface area contributed by atoms with E-state index in [9.17, 15) is 9.59 Å². The third-order valence-electron chi connectivity index (χ3n) is 5.48.